The Bertz CT molecular complexity index is 355. The van der Waals surface area contributed by atoms with Gasteiger partial charge in [-0.2, -0.15) is 0 Å². The van der Waals surface area contributed by atoms with Gasteiger partial charge in [-0.15, -0.1) is 0 Å². The molecule has 1 rings (SSSR count). The molecule has 0 spiro atoms. The molecule has 0 bridgehead atoms. The third-order valence-corrected chi connectivity index (χ3v) is 2.05. The minimum absolute atomic E-state index is 0.0112. The standard InChI is InChI=1S/C7H8N2O3S.C2H6/c8-13(12)5-6-2-1-3-7(4-6)9(10)11;1-2/h1-4H,5,8H2;1-2H3. The van der Waals surface area contributed by atoms with Crippen LogP contribution in [0.25, 0.3) is 0 Å². The van der Waals surface area contributed by atoms with Crippen LogP contribution in [0.3, 0.4) is 0 Å². The Morgan fingerprint density at radius 1 is 1.47 bits per heavy atom. The van der Waals surface area contributed by atoms with Gasteiger partial charge in [0.2, 0.25) is 0 Å². The molecule has 6 heteroatoms. The van der Waals surface area contributed by atoms with Crippen molar-refractivity contribution in [1.29, 1.82) is 0 Å². The van der Waals surface area contributed by atoms with E-state index in [1.807, 2.05) is 13.8 Å². The SMILES string of the molecule is CC.NS(=O)Cc1cccc([N+](=O)[O-])c1. The molecule has 5 nitrogen and oxygen atoms in total. The highest BCUT2D eigenvalue weighted by Gasteiger charge is 2.05. The minimum atomic E-state index is -1.46. The number of hydrogen-bond donors (Lipinski definition) is 1. The van der Waals surface area contributed by atoms with E-state index in [4.69, 9.17) is 5.14 Å². The van der Waals surface area contributed by atoms with Crippen molar-refractivity contribution in [3.63, 3.8) is 0 Å². The normalized spacial score (nSPS) is 11.1. The van der Waals surface area contributed by atoms with E-state index in [1.54, 1.807) is 12.1 Å². The molecule has 0 aliphatic carbocycles. The van der Waals surface area contributed by atoms with Crippen LogP contribution in [0, 0.1) is 10.1 Å². The highest BCUT2D eigenvalue weighted by molar-refractivity contribution is 7.81. The topological polar surface area (TPSA) is 86.2 Å². The summed E-state index contributed by atoms with van der Waals surface area (Å²) in [5.41, 5.74) is 0.595. The van der Waals surface area contributed by atoms with Crippen LogP contribution in [0.1, 0.15) is 19.4 Å². The van der Waals surface area contributed by atoms with Gasteiger partial charge in [0.1, 0.15) is 0 Å². The summed E-state index contributed by atoms with van der Waals surface area (Å²) >= 11 is 0. The monoisotopic (exact) mass is 230 g/mol. The number of rotatable bonds is 3. The summed E-state index contributed by atoms with van der Waals surface area (Å²) in [7, 11) is -1.46. The van der Waals surface area contributed by atoms with Gasteiger partial charge in [0.05, 0.1) is 21.7 Å². The van der Waals surface area contributed by atoms with Crippen LogP contribution in [0.15, 0.2) is 24.3 Å². The Hall–Kier alpha value is -1.27. The number of nitro groups is 1. The van der Waals surface area contributed by atoms with Crippen LogP contribution in [0.2, 0.25) is 0 Å². The van der Waals surface area contributed by atoms with E-state index in [1.165, 1.54) is 12.1 Å². The van der Waals surface area contributed by atoms with Crippen molar-refractivity contribution < 1.29 is 9.13 Å². The highest BCUT2D eigenvalue weighted by atomic mass is 32.2. The van der Waals surface area contributed by atoms with E-state index < -0.39 is 15.9 Å². The maximum absolute atomic E-state index is 10.6. The van der Waals surface area contributed by atoms with Gasteiger partial charge in [0, 0.05) is 12.1 Å². The van der Waals surface area contributed by atoms with Crippen LogP contribution in [-0.4, -0.2) is 9.13 Å². The molecular weight excluding hydrogens is 216 g/mol. The predicted octanol–water partition coefficient (Wildman–Crippen LogP) is 1.74. The van der Waals surface area contributed by atoms with Crippen LogP contribution >= 0.6 is 0 Å². The van der Waals surface area contributed by atoms with Gasteiger partial charge in [0.25, 0.3) is 5.69 Å². The molecular formula is C9H14N2O3S. The van der Waals surface area contributed by atoms with Crippen LogP contribution in [-0.2, 0) is 16.7 Å². The Morgan fingerprint density at radius 2 is 2.07 bits per heavy atom. The number of nitro benzene ring substituents is 1. The van der Waals surface area contributed by atoms with E-state index in [0.717, 1.165) is 0 Å². The first-order valence-electron chi connectivity index (χ1n) is 4.45. The second kappa shape index (κ2) is 7.08. The number of nitrogens with zero attached hydrogens (tertiary/aromatic N) is 1. The third-order valence-electron chi connectivity index (χ3n) is 1.43. The maximum atomic E-state index is 10.6. The summed E-state index contributed by atoms with van der Waals surface area (Å²) < 4.78 is 10.6. The molecule has 0 fully saturated rings. The summed E-state index contributed by atoms with van der Waals surface area (Å²) in [4.78, 5) is 9.84. The van der Waals surface area contributed by atoms with Crippen molar-refractivity contribution in [1.82, 2.24) is 0 Å². The summed E-state index contributed by atoms with van der Waals surface area (Å²) in [6.07, 6.45) is 0. The largest absolute Gasteiger partial charge is 0.269 e. The molecule has 1 unspecified atom stereocenters. The van der Waals surface area contributed by atoms with Crippen LogP contribution in [0.5, 0.6) is 0 Å². The fourth-order valence-electron chi connectivity index (χ4n) is 0.924. The Morgan fingerprint density at radius 3 is 2.53 bits per heavy atom. The maximum Gasteiger partial charge on any atom is 0.269 e. The molecule has 0 heterocycles. The summed E-state index contributed by atoms with van der Waals surface area (Å²) in [5.74, 6) is 0.141. The van der Waals surface area contributed by atoms with Crippen molar-refractivity contribution in [2.24, 2.45) is 5.14 Å². The molecule has 2 N–H and O–H groups in total. The molecule has 0 aromatic heterocycles. The van der Waals surface area contributed by atoms with Crippen molar-refractivity contribution in [3.8, 4) is 0 Å². The zero-order chi connectivity index (χ0) is 11.8. The third kappa shape index (κ3) is 5.24. The van der Waals surface area contributed by atoms with Crippen molar-refractivity contribution in [3.05, 3.63) is 39.9 Å². The van der Waals surface area contributed by atoms with Crippen molar-refractivity contribution in [2.45, 2.75) is 19.6 Å². The fraction of sp³-hybridized carbons (Fsp3) is 0.333. The minimum Gasteiger partial charge on any atom is -0.258 e. The van der Waals surface area contributed by atoms with Gasteiger partial charge < -0.3 is 0 Å². The lowest BCUT2D eigenvalue weighted by Gasteiger charge is -1.96. The molecule has 0 radical (unpaired) electrons. The van der Waals surface area contributed by atoms with E-state index >= 15 is 0 Å². The van der Waals surface area contributed by atoms with Gasteiger partial charge in [-0.3, -0.25) is 15.3 Å². The lowest BCUT2D eigenvalue weighted by atomic mass is 10.2. The molecule has 0 saturated heterocycles. The molecule has 84 valence electrons. The lowest BCUT2D eigenvalue weighted by Crippen LogP contribution is -2.05. The van der Waals surface area contributed by atoms with E-state index in [9.17, 15) is 14.3 Å². The smallest absolute Gasteiger partial charge is 0.258 e. The van der Waals surface area contributed by atoms with Crippen LogP contribution < -0.4 is 5.14 Å². The molecule has 1 aromatic rings. The zero-order valence-electron chi connectivity index (χ0n) is 8.67. The molecule has 0 saturated carbocycles. The highest BCUT2D eigenvalue weighted by Crippen LogP contribution is 2.13. The number of hydrogen-bond acceptors (Lipinski definition) is 3. The van der Waals surface area contributed by atoms with E-state index in [-0.39, 0.29) is 11.4 Å². The second-order valence-corrected chi connectivity index (χ2v) is 3.50. The Balaban J connectivity index is 0.000000921. The van der Waals surface area contributed by atoms with Crippen molar-refractivity contribution in [2.75, 3.05) is 0 Å². The Labute approximate surface area is 91.0 Å². The first-order valence-corrected chi connectivity index (χ1v) is 5.84. The average molecular weight is 230 g/mol. The predicted molar refractivity (Wildman–Crippen MR) is 60.5 cm³/mol. The van der Waals surface area contributed by atoms with E-state index in [0.29, 0.717) is 5.56 Å². The first kappa shape index (κ1) is 13.7. The average Bonchev–Trinajstić information content (AvgIpc) is 2.20. The first-order chi connectivity index (χ1) is 7.09. The zero-order valence-corrected chi connectivity index (χ0v) is 9.49. The van der Waals surface area contributed by atoms with Crippen molar-refractivity contribution >= 4 is 16.7 Å². The second-order valence-electron chi connectivity index (χ2n) is 2.45. The molecule has 0 aliphatic rings. The summed E-state index contributed by atoms with van der Waals surface area (Å²) in [6.45, 7) is 4.00. The molecule has 0 aliphatic heterocycles. The van der Waals surface area contributed by atoms with Gasteiger partial charge in [-0.1, -0.05) is 26.0 Å². The molecule has 1 atom stereocenters. The van der Waals surface area contributed by atoms with Gasteiger partial charge >= 0.3 is 0 Å². The Kier molecular flexibility index (Phi) is 6.48. The summed E-state index contributed by atoms with van der Waals surface area (Å²) in [6, 6.07) is 5.94. The number of nitrogens with two attached hydrogens (primary N) is 1. The van der Waals surface area contributed by atoms with Crippen LogP contribution in [0.4, 0.5) is 5.69 Å². The molecule has 15 heavy (non-hydrogen) atoms. The lowest BCUT2D eigenvalue weighted by molar-refractivity contribution is -0.384. The fourth-order valence-corrected chi connectivity index (χ4v) is 1.43. The number of benzene rings is 1. The molecule has 1 aromatic carbocycles. The summed E-state index contributed by atoms with van der Waals surface area (Å²) in [5, 5.41) is 15.4. The van der Waals surface area contributed by atoms with Gasteiger partial charge in [0.15, 0.2) is 0 Å². The van der Waals surface area contributed by atoms with Gasteiger partial charge in [-0.05, 0) is 5.56 Å². The molecule has 0 amide bonds. The van der Waals surface area contributed by atoms with Gasteiger partial charge in [-0.25, -0.2) is 4.21 Å². The quantitative estimate of drug-likeness (QED) is 0.633. The van der Waals surface area contributed by atoms with E-state index in [2.05, 4.69) is 0 Å². The number of non-ortho nitro benzene ring substituents is 1.